The highest BCUT2D eigenvalue weighted by atomic mass is 32.1. The molecule has 3 saturated heterocycles. The summed E-state index contributed by atoms with van der Waals surface area (Å²) >= 11 is 1.61. The Morgan fingerprint density at radius 1 is 1.02 bits per heavy atom. The highest BCUT2D eigenvalue weighted by Gasteiger charge is 2.60. The fraction of sp³-hybridized carbons (Fsp3) is 0.744. The number of hydrogen-bond donors (Lipinski definition) is 1. The second kappa shape index (κ2) is 19.0. The molecular weight excluding hydrogens is 765 g/mol. The standard InChI is InChI=1S/C43H66N4O10S/c1-12-32-43(9)36(47(41(52)57-43)21-15-14-18-30-24-44-40(58-30)46-19-16-17-20-46)27(5)33(48)25(3)23-42(8,53-11)37(28(6)34(49)29(7)38(51)55-32)56-39-35(50)31(45(10)13-2)22-26(4)54-39/h16-17,19-20,24-29,31-32,35-37,39,50H,12-15,18,21-23H2,1-11H3/t25-,26-,27+,28+,29-,31+,32-,35-,36+,37-,39+,42-,43-/m1/s1. The molecule has 1 N–H and O–H groups in total. The van der Waals surface area contributed by atoms with E-state index in [2.05, 4.69) is 4.98 Å². The van der Waals surface area contributed by atoms with Gasteiger partial charge in [0.25, 0.3) is 0 Å². The fourth-order valence-corrected chi connectivity index (χ4v) is 10.4. The Labute approximate surface area is 347 Å². The molecule has 0 aliphatic carbocycles. The van der Waals surface area contributed by atoms with Crippen molar-refractivity contribution in [2.45, 2.75) is 155 Å². The monoisotopic (exact) mass is 830 g/mol. The molecule has 0 unspecified atom stereocenters. The maximum atomic E-state index is 14.7. The lowest BCUT2D eigenvalue weighted by Crippen LogP contribution is -2.60. The van der Waals surface area contributed by atoms with Crippen molar-refractivity contribution in [1.82, 2.24) is 19.4 Å². The Balaban J connectivity index is 1.44. The summed E-state index contributed by atoms with van der Waals surface area (Å²) in [5, 5.41) is 12.5. The average molecular weight is 831 g/mol. The first kappa shape index (κ1) is 45.9. The molecule has 0 radical (unpaired) electrons. The Bertz CT molecular complexity index is 1720. The van der Waals surface area contributed by atoms with Crippen LogP contribution >= 0.6 is 11.3 Å². The number of amides is 1. The normalized spacial score (nSPS) is 36.8. The maximum Gasteiger partial charge on any atom is 0.410 e. The van der Waals surface area contributed by atoms with Crippen LogP contribution < -0.4 is 0 Å². The minimum absolute atomic E-state index is 0.137. The van der Waals surface area contributed by atoms with Crippen LogP contribution in [0.2, 0.25) is 0 Å². The summed E-state index contributed by atoms with van der Waals surface area (Å²) in [6.07, 6.45) is 3.99. The summed E-state index contributed by atoms with van der Waals surface area (Å²) < 4.78 is 33.3. The molecule has 5 rings (SSSR count). The summed E-state index contributed by atoms with van der Waals surface area (Å²) in [6, 6.07) is 2.87. The van der Waals surface area contributed by atoms with Crippen LogP contribution in [0.15, 0.2) is 30.7 Å². The predicted molar refractivity (Wildman–Crippen MR) is 219 cm³/mol. The first-order valence-corrected chi connectivity index (χ1v) is 21.8. The SMILES string of the molecule is CC[C@H]1OC(=O)[C@H](C)C(=O)[C@H](C)[C@@H](O[C@@H]2O[C@H](C)C[C@H](N(C)CC)[C@H]2O)[C@](C)(OC)C[C@@H](C)C(=O)[C@H](C)[C@@H]2N(CCCCc3cnc(-n4cccc4)s3)C(=O)O[C@@]21C. The number of carbonyl (C=O) groups is 4. The van der Waals surface area contributed by atoms with Crippen LogP contribution in [0.3, 0.4) is 0 Å². The van der Waals surface area contributed by atoms with Gasteiger partial charge < -0.3 is 43.2 Å². The molecule has 13 atom stereocenters. The Hall–Kier alpha value is -3.21. The van der Waals surface area contributed by atoms with Gasteiger partial charge in [-0.1, -0.05) is 34.6 Å². The number of thiazole rings is 1. The van der Waals surface area contributed by atoms with E-state index in [1.54, 1.807) is 37.0 Å². The Morgan fingerprint density at radius 3 is 2.34 bits per heavy atom. The van der Waals surface area contributed by atoms with Crippen LogP contribution in [0, 0.1) is 23.7 Å². The third kappa shape index (κ3) is 9.39. The van der Waals surface area contributed by atoms with Crippen molar-refractivity contribution in [1.29, 1.82) is 0 Å². The van der Waals surface area contributed by atoms with Crippen molar-refractivity contribution in [2.75, 3.05) is 27.2 Å². The average Bonchev–Trinajstić information content (AvgIpc) is 3.96. The number of methoxy groups -OCH3 is 1. The molecule has 2 aromatic rings. The van der Waals surface area contributed by atoms with Crippen molar-refractivity contribution in [3.05, 3.63) is 35.6 Å². The number of nitrogens with zero attached hydrogens (tertiary/aromatic N) is 4. The maximum absolute atomic E-state index is 14.7. The van der Waals surface area contributed by atoms with Crippen molar-refractivity contribution >= 4 is 35.0 Å². The van der Waals surface area contributed by atoms with Crippen LogP contribution in [0.5, 0.6) is 0 Å². The van der Waals surface area contributed by atoms with Crippen molar-refractivity contribution in [3.8, 4) is 5.13 Å². The number of aryl methyl sites for hydroxylation is 1. The number of ether oxygens (including phenoxy) is 5. The van der Waals surface area contributed by atoms with Gasteiger partial charge in [0.1, 0.15) is 23.9 Å². The van der Waals surface area contributed by atoms with Gasteiger partial charge in [0.15, 0.2) is 22.8 Å². The summed E-state index contributed by atoms with van der Waals surface area (Å²) in [5.74, 6) is -4.89. The van der Waals surface area contributed by atoms with E-state index in [1.807, 2.05) is 81.9 Å². The number of aliphatic hydroxyl groups excluding tert-OH is 1. The number of unbranched alkanes of at least 4 members (excludes halogenated alkanes) is 1. The topological polar surface area (TPSA) is 159 Å². The number of cyclic esters (lactones) is 1. The summed E-state index contributed by atoms with van der Waals surface area (Å²) in [7, 11) is 3.44. The summed E-state index contributed by atoms with van der Waals surface area (Å²) in [5.41, 5.74) is -2.65. The van der Waals surface area contributed by atoms with E-state index >= 15 is 0 Å². The first-order valence-electron chi connectivity index (χ1n) is 21.0. The molecule has 3 aliphatic rings. The van der Waals surface area contributed by atoms with Crippen LogP contribution in [0.25, 0.3) is 5.13 Å². The molecule has 58 heavy (non-hydrogen) atoms. The van der Waals surface area contributed by atoms with E-state index < -0.39 is 83.4 Å². The van der Waals surface area contributed by atoms with Gasteiger partial charge in [0.2, 0.25) is 0 Å². The van der Waals surface area contributed by atoms with Crippen molar-refractivity contribution in [2.24, 2.45) is 23.7 Å². The molecule has 324 valence electrons. The smallest absolute Gasteiger partial charge is 0.410 e. The molecule has 14 nitrogen and oxygen atoms in total. The number of carbonyl (C=O) groups excluding carboxylic acids is 4. The first-order chi connectivity index (χ1) is 27.4. The number of Topliss-reactive ketones (excluding diaryl/α,β-unsaturated/α-hetero) is 2. The highest BCUT2D eigenvalue weighted by molar-refractivity contribution is 7.14. The van der Waals surface area contributed by atoms with Crippen LogP contribution in [0.4, 0.5) is 4.79 Å². The number of rotatable bonds is 12. The molecule has 0 saturated carbocycles. The zero-order valence-corrected chi connectivity index (χ0v) is 37.0. The lowest BCUT2D eigenvalue weighted by atomic mass is 9.73. The van der Waals surface area contributed by atoms with Gasteiger partial charge in [-0.15, -0.1) is 11.3 Å². The fourth-order valence-electron chi connectivity index (χ4n) is 9.44. The minimum Gasteiger partial charge on any atom is -0.458 e. The van der Waals surface area contributed by atoms with E-state index in [-0.39, 0.29) is 30.8 Å². The van der Waals surface area contributed by atoms with E-state index in [9.17, 15) is 24.3 Å². The number of likely N-dealkylation sites (N-methyl/N-ethyl adjacent to an activating group) is 1. The van der Waals surface area contributed by atoms with Gasteiger partial charge in [0, 0.05) is 60.9 Å². The van der Waals surface area contributed by atoms with Crippen LogP contribution in [0.1, 0.15) is 99.3 Å². The van der Waals surface area contributed by atoms with E-state index in [0.29, 0.717) is 25.9 Å². The number of esters is 1. The zero-order chi connectivity index (χ0) is 42.7. The molecule has 0 spiro atoms. The molecule has 2 aromatic heterocycles. The third-order valence-electron chi connectivity index (χ3n) is 13.0. The molecule has 0 aromatic carbocycles. The van der Waals surface area contributed by atoms with Crippen molar-refractivity contribution < 1.29 is 48.0 Å². The number of aromatic nitrogens is 2. The van der Waals surface area contributed by atoms with Gasteiger partial charge in [-0.3, -0.25) is 14.4 Å². The van der Waals surface area contributed by atoms with Crippen LogP contribution in [-0.2, 0) is 44.5 Å². The van der Waals surface area contributed by atoms with Gasteiger partial charge in [0.05, 0.1) is 23.9 Å². The highest BCUT2D eigenvalue weighted by Crippen LogP contribution is 2.43. The number of aliphatic hydroxyl groups is 1. The summed E-state index contributed by atoms with van der Waals surface area (Å²) in [4.78, 5) is 66.3. The molecule has 15 heteroatoms. The van der Waals surface area contributed by atoms with Crippen LogP contribution in [-0.4, -0.2) is 129 Å². The third-order valence-corrected chi connectivity index (χ3v) is 14.1. The number of ketones is 2. The molecular formula is C43H66N4O10S. The van der Waals surface area contributed by atoms with E-state index in [4.69, 9.17) is 23.7 Å². The number of fused-ring (bicyclic) bond motifs is 1. The molecule has 3 fully saturated rings. The second-order valence-electron chi connectivity index (χ2n) is 17.1. The largest absolute Gasteiger partial charge is 0.458 e. The zero-order valence-electron chi connectivity index (χ0n) is 36.2. The minimum atomic E-state index is -1.39. The van der Waals surface area contributed by atoms with Crippen molar-refractivity contribution in [3.63, 3.8) is 0 Å². The molecule has 3 aliphatic heterocycles. The van der Waals surface area contributed by atoms with E-state index in [0.717, 1.165) is 22.9 Å². The number of hydrogen-bond acceptors (Lipinski definition) is 13. The van der Waals surface area contributed by atoms with Gasteiger partial charge in [-0.25, -0.2) is 9.78 Å². The Morgan fingerprint density at radius 2 is 1.71 bits per heavy atom. The quantitative estimate of drug-likeness (QED) is 0.155. The summed E-state index contributed by atoms with van der Waals surface area (Å²) in [6.45, 7) is 17.1. The Kier molecular flexibility index (Phi) is 15.0. The lowest BCUT2D eigenvalue weighted by Gasteiger charge is -2.47. The molecule has 5 heterocycles. The lowest BCUT2D eigenvalue weighted by molar-refractivity contribution is -0.296. The van der Waals surface area contributed by atoms with Gasteiger partial charge in [-0.2, -0.15) is 0 Å². The predicted octanol–water partition coefficient (Wildman–Crippen LogP) is 5.85. The molecule has 0 bridgehead atoms. The van der Waals surface area contributed by atoms with Gasteiger partial charge >= 0.3 is 12.1 Å². The van der Waals surface area contributed by atoms with E-state index in [1.165, 1.54) is 14.0 Å². The van der Waals surface area contributed by atoms with Gasteiger partial charge in [-0.05, 0) is 91.9 Å². The molecule has 1 amide bonds. The second-order valence-corrected chi connectivity index (χ2v) is 18.2.